The minimum Gasteiger partial charge on any atom is -0.289 e. The van der Waals surface area contributed by atoms with Gasteiger partial charge in [0.15, 0.2) is 97.0 Å². The molecule has 360 valence electrons. The Labute approximate surface area is 373 Å². The van der Waals surface area contributed by atoms with Crippen LogP contribution in [0, 0.1) is 128 Å². The average Bonchev–Trinajstić information content (AvgIpc) is 3.34. The first kappa shape index (κ1) is 51.5. The molecular weight excluding hydrogens is 1010 g/mol. The van der Waals surface area contributed by atoms with Crippen molar-refractivity contribution >= 4 is 44.7 Å². The Bertz CT molecular complexity index is 2780. The van der Waals surface area contributed by atoms with E-state index in [1.54, 1.807) is 60.7 Å². The first-order valence-corrected chi connectivity index (χ1v) is 19.8. The summed E-state index contributed by atoms with van der Waals surface area (Å²) < 4.78 is 323. The van der Waals surface area contributed by atoms with E-state index >= 15 is 35.1 Å². The third-order valence-corrected chi connectivity index (χ3v) is 12.6. The predicted octanol–water partition coefficient (Wildman–Crippen LogP) is 10.7. The van der Waals surface area contributed by atoms with E-state index in [1.165, 1.54) is 12.1 Å². The molecule has 0 spiro atoms. The number of carbonyl (C=O) groups is 1. The Hall–Kier alpha value is -6.92. The molecule has 7 aromatic carbocycles. The first-order valence-electron chi connectivity index (χ1n) is 18.4. The average molecular weight is 1020 g/mol. The number of rotatable bonds is 9. The van der Waals surface area contributed by atoms with Gasteiger partial charge in [0.05, 0.1) is 10.9 Å². The van der Waals surface area contributed by atoms with Gasteiger partial charge in [-0.25, -0.2) is 96.6 Å². The number of benzene rings is 7. The van der Waals surface area contributed by atoms with Crippen LogP contribution in [0.4, 0.5) is 96.6 Å². The van der Waals surface area contributed by atoms with Gasteiger partial charge in [0.25, 0.3) is 0 Å². The molecule has 0 aliphatic rings. The zero-order valence-corrected chi connectivity index (χ0v) is 33.7. The summed E-state index contributed by atoms with van der Waals surface area (Å²) in [5.74, 6) is -72.4. The monoisotopic (exact) mass is 1020 g/mol. The third kappa shape index (κ3) is 8.43. The van der Waals surface area contributed by atoms with E-state index in [4.69, 9.17) is 0 Å². The smallest absolute Gasteiger partial charge is 0.212 e. The highest BCUT2D eigenvalue weighted by Crippen LogP contribution is 2.32. The van der Waals surface area contributed by atoms with Crippen molar-refractivity contribution < 1.29 is 101 Å². The zero-order chi connectivity index (χ0) is 51.3. The maximum Gasteiger partial charge on any atom is 0.212 e. The van der Waals surface area contributed by atoms with E-state index in [9.17, 15) is 66.3 Å². The lowest BCUT2D eigenvalue weighted by molar-refractivity contribution is 0.102. The Balaban J connectivity index is 0.000000273. The van der Waals surface area contributed by atoms with Gasteiger partial charge in [0.1, 0.15) is 52.7 Å². The SMILES string of the molecule is Fc1c(F)c(F)c([B-](c2c(F)c(F)c(F)c(F)c2F)(c2c(F)c(F)c(F)c(F)c2F)c2c(F)c(F)c(F)c(F)c2F)c(F)c1F.O=C(C[S+](c1ccccc1F)c1ccccc1F)c1ccccc1. The van der Waals surface area contributed by atoms with Gasteiger partial charge < -0.3 is 0 Å². The summed E-state index contributed by atoms with van der Waals surface area (Å²) in [6.07, 6.45) is -7.22. The van der Waals surface area contributed by atoms with E-state index in [0.29, 0.717) is 15.4 Å². The highest BCUT2D eigenvalue weighted by atomic mass is 32.2. The second-order valence-corrected chi connectivity index (χ2v) is 15.9. The summed E-state index contributed by atoms with van der Waals surface area (Å²) in [6.45, 7) is 0. The minimum atomic E-state index is -7.22. The second kappa shape index (κ2) is 19.6. The minimum absolute atomic E-state index is 0.0336. The molecule has 0 amide bonds. The highest BCUT2D eigenvalue weighted by Gasteiger charge is 2.52. The fourth-order valence-electron chi connectivity index (χ4n) is 7.28. The van der Waals surface area contributed by atoms with Crippen molar-refractivity contribution in [2.75, 3.05) is 5.75 Å². The molecule has 25 heteroatoms. The van der Waals surface area contributed by atoms with Crippen molar-refractivity contribution in [1.82, 2.24) is 0 Å². The van der Waals surface area contributed by atoms with Crippen LogP contribution >= 0.6 is 0 Å². The molecule has 7 aromatic rings. The molecule has 69 heavy (non-hydrogen) atoms. The van der Waals surface area contributed by atoms with Crippen LogP contribution in [0.25, 0.3) is 0 Å². The topological polar surface area (TPSA) is 17.1 Å². The molecule has 0 unspecified atom stereocenters. The van der Waals surface area contributed by atoms with Crippen molar-refractivity contribution in [3.05, 3.63) is 212 Å². The quantitative estimate of drug-likeness (QED) is 0.0352. The molecule has 0 fully saturated rings. The van der Waals surface area contributed by atoms with Gasteiger partial charge >= 0.3 is 0 Å². The number of hydrogen-bond acceptors (Lipinski definition) is 1. The Kier molecular flexibility index (Phi) is 14.6. The highest BCUT2D eigenvalue weighted by molar-refractivity contribution is 7.97. The van der Waals surface area contributed by atoms with Gasteiger partial charge in [-0.1, -0.05) is 54.6 Å². The van der Waals surface area contributed by atoms with Crippen molar-refractivity contribution in [3.63, 3.8) is 0 Å². The van der Waals surface area contributed by atoms with Crippen molar-refractivity contribution in [2.24, 2.45) is 0 Å². The summed E-state index contributed by atoms with van der Waals surface area (Å²) in [7, 11) is -1.00. The lowest BCUT2D eigenvalue weighted by Crippen LogP contribution is -2.81. The maximum atomic E-state index is 15.4. The fraction of sp³-hybridized carbons (Fsp3) is 0.0227. The molecule has 0 aliphatic heterocycles. The van der Waals surface area contributed by atoms with Crippen LogP contribution in [0.15, 0.2) is 88.7 Å². The molecule has 0 saturated heterocycles. The third-order valence-electron chi connectivity index (χ3n) is 10.3. The molecule has 0 radical (unpaired) electrons. The van der Waals surface area contributed by atoms with Gasteiger partial charge in [-0.3, -0.25) is 4.79 Å². The van der Waals surface area contributed by atoms with Crippen LogP contribution in [0.5, 0.6) is 0 Å². The van der Waals surface area contributed by atoms with Crippen LogP contribution in [0.2, 0.25) is 0 Å². The zero-order valence-electron chi connectivity index (χ0n) is 32.9. The number of hydrogen-bond donors (Lipinski definition) is 0. The Morgan fingerprint density at radius 2 is 0.522 bits per heavy atom. The normalized spacial score (nSPS) is 11.6. The maximum absolute atomic E-state index is 15.4. The standard InChI is InChI=1S/C24BF20.C20H15F2OS/c26-5-1(6(27)14(35)21(42)13(5)34)25(2-7(28)15(36)22(43)16(37)8(2)29,3-9(30)17(38)23(44)18(39)10(3)31)4-11(32)19(40)24(45)20(41)12(4)33;21-16-10-4-6-12-19(16)24(20-13-7-5-11-17(20)22)14-18(23)15-8-2-1-3-9-15/h;1-13H,14H2/q-1;+1. The van der Waals surface area contributed by atoms with E-state index < -0.39 is 167 Å². The van der Waals surface area contributed by atoms with Crippen LogP contribution in [-0.4, -0.2) is 17.7 Å². The summed E-state index contributed by atoms with van der Waals surface area (Å²) in [4.78, 5) is 13.3. The van der Waals surface area contributed by atoms with Gasteiger partial charge in [-0.05, 0) is 24.3 Å². The Morgan fingerprint density at radius 1 is 0.304 bits per heavy atom. The van der Waals surface area contributed by atoms with Crippen molar-refractivity contribution in [2.45, 2.75) is 9.79 Å². The summed E-state index contributed by atoms with van der Waals surface area (Å²) in [5.41, 5.74) is -13.8. The molecule has 0 aromatic heterocycles. The van der Waals surface area contributed by atoms with E-state index in [2.05, 4.69) is 0 Å². The molecule has 0 bridgehead atoms. The lowest BCUT2D eigenvalue weighted by Gasteiger charge is -2.44. The van der Waals surface area contributed by atoms with Crippen molar-refractivity contribution in [1.29, 1.82) is 0 Å². The van der Waals surface area contributed by atoms with E-state index in [0.717, 1.165) is 0 Å². The van der Waals surface area contributed by atoms with Crippen molar-refractivity contribution in [3.8, 4) is 0 Å². The molecule has 0 atom stereocenters. The number of Topliss-reactive ketones (excluding diaryl/α,β-unsaturated/α-hetero) is 1. The summed E-state index contributed by atoms with van der Waals surface area (Å²) >= 11 is 0. The van der Waals surface area contributed by atoms with Crippen LogP contribution < -0.4 is 21.9 Å². The molecule has 0 N–H and O–H groups in total. The molecule has 0 aliphatic carbocycles. The summed E-state index contributed by atoms with van der Waals surface area (Å²) in [6, 6.07) is 21.3. The van der Waals surface area contributed by atoms with Gasteiger partial charge in [0.2, 0.25) is 5.78 Å². The predicted molar refractivity (Wildman–Crippen MR) is 202 cm³/mol. The summed E-state index contributed by atoms with van der Waals surface area (Å²) in [5, 5.41) is 0. The molecule has 0 saturated carbocycles. The number of halogens is 22. The fourth-order valence-corrected chi connectivity index (χ4v) is 9.35. The molecule has 1 nitrogen and oxygen atoms in total. The number of carbonyl (C=O) groups excluding carboxylic acids is 1. The lowest BCUT2D eigenvalue weighted by atomic mass is 9.12. The van der Waals surface area contributed by atoms with Gasteiger partial charge in [-0.2, -0.15) is 0 Å². The largest absolute Gasteiger partial charge is 0.289 e. The first-order chi connectivity index (χ1) is 32.4. The van der Waals surface area contributed by atoms with Crippen LogP contribution in [0.3, 0.4) is 0 Å². The number of ketones is 1. The van der Waals surface area contributed by atoms with Crippen LogP contribution in [0.1, 0.15) is 10.4 Å². The van der Waals surface area contributed by atoms with Crippen LogP contribution in [-0.2, 0) is 10.9 Å². The molecule has 0 heterocycles. The van der Waals surface area contributed by atoms with Gasteiger partial charge in [-0.15, -0.1) is 21.9 Å². The second-order valence-electron chi connectivity index (χ2n) is 14.0. The molecule has 7 rings (SSSR count). The van der Waals surface area contributed by atoms with Gasteiger partial charge in [0, 0.05) is 5.56 Å². The van der Waals surface area contributed by atoms with E-state index in [1.807, 2.05) is 6.07 Å². The van der Waals surface area contributed by atoms with E-state index in [-0.39, 0.29) is 11.5 Å². The Morgan fingerprint density at radius 3 is 0.768 bits per heavy atom. The molecular formula is C44H15BF22OS.